The molecule has 1 aromatic rings. The maximum Gasteiger partial charge on any atom is 0.230 e. The van der Waals surface area contributed by atoms with Crippen molar-refractivity contribution in [2.45, 2.75) is 56.8 Å². The molecule has 1 aromatic carbocycles. The molecule has 0 saturated heterocycles. The molecule has 2 nitrogen and oxygen atoms in total. The first-order valence-corrected chi connectivity index (χ1v) is 8.44. The molecule has 3 rings (SSSR count). The van der Waals surface area contributed by atoms with Crippen molar-refractivity contribution in [2.24, 2.45) is 0 Å². The predicted octanol–water partition coefficient (Wildman–Crippen LogP) is 4.25. The standard InChI is InChI=1S/C19H24FNO/c20-17-10-5-4-9-16(17)19(12-6-13-19)18(22)21-14-11-15-7-2-1-3-8-15/h4-5,7,9-10H,1-3,6,8,11-14H2,(H,21,22). The number of amides is 1. The van der Waals surface area contributed by atoms with E-state index < -0.39 is 5.41 Å². The predicted molar refractivity (Wildman–Crippen MR) is 86.1 cm³/mol. The molecule has 1 saturated carbocycles. The molecular formula is C19H24FNO. The quantitative estimate of drug-likeness (QED) is 0.809. The van der Waals surface area contributed by atoms with E-state index in [1.807, 2.05) is 6.07 Å². The average molecular weight is 301 g/mol. The smallest absolute Gasteiger partial charge is 0.230 e. The van der Waals surface area contributed by atoms with Crippen molar-refractivity contribution >= 4 is 5.91 Å². The third-order valence-corrected chi connectivity index (χ3v) is 5.15. The van der Waals surface area contributed by atoms with Gasteiger partial charge in [0.25, 0.3) is 0 Å². The Bertz CT molecular complexity index is 575. The number of nitrogens with one attached hydrogen (secondary N) is 1. The van der Waals surface area contributed by atoms with Crippen molar-refractivity contribution in [1.82, 2.24) is 5.32 Å². The van der Waals surface area contributed by atoms with E-state index in [1.165, 1.54) is 30.9 Å². The van der Waals surface area contributed by atoms with Gasteiger partial charge in [-0.3, -0.25) is 4.79 Å². The van der Waals surface area contributed by atoms with E-state index in [1.54, 1.807) is 12.1 Å². The minimum absolute atomic E-state index is 0.000240. The molecule has 0 aliphatic heterocycles. The number of halogens is 1. The first-order chi connectivity index (χ1) is 10.7. The maximum atomic E-state index is 14.1. The Balaban J connectivity index is 1.62. The van der Waals surface area contributed by atoms with E-state index in [0.717, 1.165) is 32.1 Å². The SMILES string of the molecule is O=C(NCCC1=CCCCC1)C1(c2ccccc2F)CCC1. The van der Waals surface area contributed by atoms with Crippen molar-refractivity contribution < 1.29 is 9.18 Å². The van der Waals surface area contributed by atoms with Crippen molar-refractivity contribution in [3.63, 3.8) is 0 Å². The Morgan fingerprint density at radius 3 is 2.64 bits per heavy atom. The lowest BCUT2D eigenvalue weighted by molar-refractivity contribution is -0.130. The fourth-order valence-electron chi connectivity index (χ4n) is 3.64. The third-order valence-electron chi connectivity index (χ3n) is 5.15. The van der Waals surface area contributed by atoms with Crippen LogP contribution in [0.4, 0.5) is 4.39 Å². The summed E-state index contributed by atoms with van der Waals surface area (Å²) < 4.78 is 14.1. The summed E-state index contributed by atoms with van der Waals surface area (Å²) in [4.78, 5) is 12.6. The minimum atomic E-state index is -0.633. The molecule has 0 aromatic heterocycles. The summed E-state index contributed by atoms with van der Waals surface area (Å²) in [6.45, 7) is 0.668. The molecule has 2 aliphatic carbocycles. The summed E-state index contributed by atoms with van der Waals surface area (Å²) in [5.41, 5.74) is 1.39. The lowest BCUT2D eigenvalue weighted by Gasteiger charge is -2.40. The fourth-order valence-corrected chi connectivity index (χ4v) is 3.64. The summed E-state index contributed by atoms with van der Waals surface area (Å²) in [6.07, 6.45) is 10.6. The Morgan fingerprint density at radius 1 is 1.18 bits per heavy atom. The van der Waals surface area contributed by atoms with Gasteiger partial charge >= 0.3 is 0 Å². The second kappa shape index (κ2) is 6.64. The van der Waals surface area contributed by atoms with Gasteiger partial charge in [-0.05, 0) is 51.0 Å². The van der Waals surface area contributed by atoms with Crippen LogP contribution in [0.15, 0.2) is 35.9 Å². The molecule has 0 heterocycles. The molecular weight excluding hydrogens is 277 g/mol. The molecule has 0 unspecified atom stereocenters. The normalized spacial score (nSPS) is 20.0. The van der Waals surface area contributed by atoms with E-state index in [-0.39, 0.29) is 11.7 Å². The van der Waals surface area contributed by atoms with Gasteiger partial charge in [0.1, 0.15) is 5.82 Å². The van der Waals surface area contributed by atoms with Crippen LogP contribution in [0.5, 0.6) is 0 Å². The Kier molecular flexibility index (Phi) is 4.60. The average Bonchev–Trinajstić information content (AvgIpc) is 2.49. The molecule has 1 fully saturated rings. The molecule has 3 heteroatoms. The highest BCUT2D eigenvalue weighted by Crippen LogP contribution is 2.44. The minimum Gasteiger partial charge on any atom is -0.355 e. The van der Waals surface area contributed by atoms with Gasteiger partial charge in [-0.1, -0.05) is 36.3 Å². The number of allylic oxidation sites excluding steroid dienone is 1. The highest BCUT2D eigenvalue weighted by Gasteiger charge is 2.46. The zero-order chi connectivity index (χ0) is 15.4. The van der Waals surface area contributed by atoms with Gasteiger partial charge in [0.2, 0.25) is 5.91 Å². The Morgan fingerprint density at radius 2 is 2.00 bits per heavy atom. The monoisotopic (exact) mass is 301 g/mol. The zero-order valence-corrected chi connectivity index (χ0v) is 13.0. The van der Waals surface area contributed by atoms with Gasteiger partial charge in [-0.15, -0.1) is 0 Å². The van der Waals surface area contributed by atoms with Crippen molar-refractivity contribution in [3.8, 4) is 0 Å². The molecule has 1 N–H and O–H groups in total. The number of benzene rings is 1. The molecule has 0 spiro atoms. The van der Waals surface area contributed by atoms with Gasteiger partial charge in [0, 0.05) is 12.1 Å². The topological polar surface area (TPSA) is 29.1 Å². The molecule has 1 amide bonds. The van der Waals surface area contributed by atoms with Crippen LogP contribution in [0, 0.1) is 5.82 Å². The summed E-state index contributed by atoms with van der Waals surface area (Å²) in [7, 11) is 0. The lowest BCUT2D eigenvalue weighted by atomic mass is 9.63. The largest absolute Gasteiger partial charge is 0.355 e. The van der Waals surface area contributed by atoms with Gasteiger partial charge in [-0.2, -0.15) is 0 Å². The Labute approximate surface area is 131 Å². The fraction of sp³-hybridized carbons (Fsp3) is 0.526. The van der Waals surface area contributed by atoms with Gasteiger partial charge < -0.3 is 5.32 Å². The van der Waals surface area contributed by atoms with E-state index in [0.29, 0.717) is 12.1 Å². The first-order valence-electron chi connectivity index (χ1n) is 8.44. The Hall–Kier alpha value is -1.64. The number of rotatable bonds is 5. The van der Waals surface area contributed by atoms with Crippen LogP contribution in [0.3, 0.4) is 0 Å². The molecule has 0 atom stereocenters. The van der Waals surface area contributed by atoms with Crippen LogP contribution in [0.1, 0.15) is 56.9 Å². The summed E-state index contributed by atoms with van der Waals surface area (Å²) >= 11 is 0. The van der Waals surface area contributed by atoms with Crippen LogP contribution in [-0.2, 0) is 10.2 Å². The molecule has 2 aliphatic rings. The van der Waals surface area contributed by atoms with Crippen LogP contribution in [0.2, 0.25) is 0 Å². The number of carbonyl (C=O) groups is 1. The van der Waals surface area contributed by atoms with Crippen molar-refractivity contribution in [3.05, 3.63) is 47.3 Å². The third kappa shape index (κ3) is 2.94. The first kappa shape index (κ1) is 15.3. The van der Waals surface area contributed by atoms with Crippen LogP contribution in [-0.4, -0.2) is 12.5 Å². The number of hydrogen-bond donors (Lipinski definition) is 1. The second-order valence-corrected chi connectivity index (χ2v) is 6.53. The lowest BCUT2D eigenvalue weighted by Crippen LogP contribution is -2.50. The highest BCUT2D eigenvalue weighted by atomic mass is 19.1. The van der Waals surface area contributed by atoms with E-state index in [4.69, 9.17) is 0 Å². The summed E-state index contributed by atoms with van der Waals surface area (Å²) in [5.74, 6) is -0.257. The van der Waals surface area contributed by atoms with Gasteiger partial charge in [0.15, 0.2) is 0 Å². The maximum absolute atomic E-state index is 14.1. The van der Waals surface area contributed by atoms with Crippen LogP contribution in [0.25, 0.3) is 0 Å². The van der Waals surface area contributed by atoms with E-state index >= 15 is 0 Å². The van der Waals surface area contributed by atoms with Crippen molar-refractivity contribution in [2.75, 3.05) is 6.54 Å². The van der Waals surface area contributed by atoms with Gasteiger partial charge in [-0.25, -0.2) is 4.39 Å². The second-order valence-electron chi connectivity index (χ2n) is 6.53. The van der Waals surface area contributed by atoms with E-state index in [9.17, 15) is 9.18 Å². The molecule has 0 bridgehead atoms. The number of carbonyl (C=O) groups excluding carboxylic acids is 1. The molecule has 118 valence electrons. The molecule has 0 radical (unpaired) electrons. The summed E-state index contributed by atoms with van der Waals surface area (Å²) in [5, 5.41) is 3.05. The van der Waals surface area contributed by atoms with Gasteiger partial charge in [0.05, 0.1) is 5.41 Å². The van der Waals surface area contributed by atoms with E-state index in [2.05, 4.69) is 11.4 Å². The van der Waals surface area contributed by atoms with Crippen molar-refractivity contribution in [1.29, 1.82) is 0 Å². The molecule has 22 heavy (non-hydrogen) atoms. The zero-order valence-electron chi connectivity index (χ0n) is 13.0. The summed E-state index contributed by atoms with van der Waals surface area (Å²) in [6, 6.07) is 6.71. The highest BCUT2D eigenvalue weighted by molar-refractivity contribution is 5.89. The van der Waals surface area contributed by atoms with Crippen LogP contribution < -0.4 is 5.32 Å². The van der Waals surface area contributed by atoms with Crippen LogP contribution >= 0.6 is 0 Å². The number of hydrogen-bond acceptors (Lipinski definition) is 1.